The van der Waals surface area contributed by atoms with Crippen LogP contribution in [0, 0.1) is 28.6 Å². The molecule has 0 aliphatic carbocycles. The Kier molecular flexibility index (Phi) is 5.60. The van der Waals surface area contributed by atoms with E-state index in [2.05, 4.69) is 0 Å². The summed E-state index contributed by atoms with van der Waals surface area (Å²) in [4.78, 5) is 11.0. The Labute approximate surface area is 71.4 Å². The third-order valence-electron chi connectivity index (χ3n) is 1.28. The van der Waals surface area contributed by atoms with Gasteiger partial charge in [0.15, 0.2) is 11.7 Å². The zero-order chi connectivity index (χ0) is 9.40. The van der Waals surface area contributed by atoms with Gasteiger partial charge in [-0.3, -0.25) is 4.79 Å². The fraction of sp³-hybridized carbons (Fsp3) is 0.625. The molecule has 0 rings (SSSR count). The van der Waals surface area contributed by atoms with Crippen molar-refractivity contribution in [3.05, 3.63) is 0 Å². The normalized spacial score (nSPS) is 9.00. The lowest BCUT2D eigenvalue weighted by molar-refractivity contribution is -0.121. The Balaban J connectivity index is 3.74. The summed E-state index contributed by atoms with van der Waals surface area (Å²) in [6.07, 6.45) is 0.139. The van der Waals surface area contributed by atoms with Crippen molar-refractivity contribution in [2.75, 3.05) is 13.2 Å². The number of carbonyl (C=O) groups is 1. The molecule has 0 saturated carbocycles. The number of rotatable bonds is 5. The maximum Gasteiger partial charge on any atom is 0.191 e. The quantitative estimate of drug-likeness (QED) is 0.562. The summed E-state index contributed by atoms with van der Waals surface area (Å²) >= 11 is 0. The molecule has 0 aromatic rings. The fourth-order valence-corrected chi connectivity index (χ4v) is 0.634. The first-order chi connectivity index (χ1) is 5.76. The van der Waals surface area contributed by atoms with E-state index in [4.69, 9.17) is 15.3 Å². The van der Waals surface area contributed by atoms with Crippen molar-refractivity contribution in [1.29, 1.82) is 10.5 Å². The number of Topliss-reactive ketones (excluding diaryl/α,β-unsaturated/α-hetero) is 1. The van der Waals surface area contributed by atoms with E-state index in [1.807, 2.05) is 6.92 Å². The van der Waals surface area contributed by atoms with Crippen LogP contribution in [0.5, 0.6) is 0 Å². The molecule has 0 fully saturated rings. The van der Waals surface area contributed by atoms with E-state index in [1.54, 1.807) is 12.1 Å². The largest absolute Gasteiger partial charge is 0.381 e. The van der Waals surface area contributed by atoms with Crippen molar-refractivity contribution >= 4 is 5.78 Å². The second kappa shape index (κ2) is 6.33. The summed E-state index contributed by atoms with van der Waals surface area (Å²) in [6, 6.07) is 3.22. The summed E-state index contributed by atoms with van der Waals surface area (Å²) in [5, 5.41) is 16.6. The summed E-state index contributed by atoms with van der Waals surface area (Å²) in [5.74, 6) is -1.50. The van der Waals surface area contributed by atoms with Gasteiger partial charge in [-0.2, -0.15) is 10.5 Å². The molecule has 0 unspecified atom stereocenters. The van der Waals surface area contributed by atoms with Crippen LogP contribution in [0.15, 0.2) is 0 Å². The number of hydrogen-bond acceptors (Lipinski definition) is 4. The highest BCUT2D eigenvalue weighted by atomic mass is 16.5. The molecule has 0 atom stereocenters. The van der Waals surface area contributed by atoms with Gasteiger partial charge in [-0.25, -0.2) is 0 Å². The number of hydrogen-bond donors (Lipinski definition) is 0. The predicted molar refractivity (Wildman–Crippen MR) is 40.8 cm³/mol. The van der Waals surface area contributed by atoms with E-state index < -0.39 is 5.92 Å². The van der Waals surface area contributed by atoms with Crippen molar-refractivity contribution in [3.8, 4) is 12.1 Å². The average molecular weight is 166 g/mol. The molecule has 0 aromatic heterocycles. The predicted octanol–water partition coefficient (Wildman–Crippen LogP) is 0.645. The number of nitrogens with zero attached hydrogens (tertiary/aromatic N) is 2. The van der Waals surface area contributed by atoms with Crippen LogP contribution in [0.4, 0.5) is 0 Å². The summed E-state index contributed by atoms with van der Waals surface area (Å²) in [6.45, 7) is 2.64. The van der Waals surface area contributed by atoms with Crippen molar-refractivity contribution in [3.63, 3.8) is 0 Å². The second-order valence-electron chi connectivity index (χ2n) is 2.10. The van der Waals surface area contributed by atoms with Crippen molar-refractivity contribution < 1.29 is 9.53 Å². The zero-order valence-corrected chi connectivity index (χ0v) is 6.91. The van der Waals surface area contributed by atoms with Crippen LogP contribution < -0.4 is 0 Å². The van der Waals surface area contributed by atoms with E-state index in [1.165, 1.54) is 0 Å². The molecule has 0 saturated heterocycles. The standard InChI is InChI=1S/C8H10N2O2/c1-2-12-4-3-8(11)7(5-9)6-10/h7H,2-4H2,1H3. The molecule has 0 bridgehead atoms. The van der Waals surface area contributed by atoms with Crippen LogP contribution in [0.3, 0.4) is 0 Å². The SMILES string of the molecule is CCOCCC(=O)C(C#N)C#N. The van der Waals surface area contributed by atoms with Gasteiger partial charge in [0.05, 0.1) is 18.7 Å². The van der Waals surface area contributed by atoms with Crippen LogP contribution in [-0.2, 0) is 9.53 Å². The fourth-order valence-electron chi connectivity index (χ4n) is 0.634. The van der Waals surface area contributed by atoms with Gasteiger partial charge in [-0.1, -0.05) is 0 Å². The molecular formula is C8H10N2O2. The van der Waals surface area contributed by atoms with Gasteiger partial charge in [0.25, 0.3) is 0 Å². The molecule has 0 N–H and O–H groups in total. The number of nitriles is 2. The Morgan fingerprint density at radius 1 is 1.50 bits per heavy atom. The molecule has 0 spiro atoms. The second-order valence-corrected chi connectivity index (χ2v) is 2.10. The molecule has 4 heteroatoms. The molecule has 0 amide bonds. The van der Waals surface area contributed by atoms with Crippen LogP contribution in [-0.4, -0.2) is 19.0 Å². The molecule has 0 radical (unpaired) electrons. The molecule has 4 nitrogen and oxygen atoms in total. The molecule has 64 valence electrons. The van der Waals surface area contributed by atoms with Gasteiger partial charge in [0.2, 0.25) is 0 Å². The third-order valence-corrected chi connectivity index (χ3v) is 1.28. The summed E-state index contributed by atoms with van der Waals surface area (Å²) in [5.41, 5.74) is 0. The maximum absolute atomic E-state index is 11.0. The summed E-state index contributed by atoms with van der Waals surface area (Å²) < 4.78 is 4.90. The molecule has 0 aromatic carbocycles. The maximum atomic E-state index is 11.0. The van der Waals surface area contributed by atoms with Crippen LogP contribution >= 0.6 is 0 Å². The van der Waals surface area contributed by atoms with Crippen LogP contribution in [0.25, 0.3) is 0 Å². The topological polar surface area (TPSA) is 73.9 Å². The highest BCUT2D eigenvalue weighted by Gasteiger charge is 2.15. The van der Waals surface area contributed by atoms with E-state index in [9.17, 15) is 4.79 Å². The lowest BCUT2D eigenvalue weighted by Crippen LogP contribution is -2.13. The number of ether oxygens (including phenoxy) is 1. The smallest absolute Gasteiger partial charge is 0.191 e. The third kappa shape index (κ3) is 3.70. The van der Waals surface area contributed by atoms with Gasteiger partial charge in [0, 0.05) is 13.0 Å². The van der Waals surface area contributed by atoms with E-state index in [0.717, 1.165) is 0 Å². The Hall–Kier alpha value is -1.39. The van der Waals surface area contributed by atoms with E-state index >= 15 is 0 Å². The molecule has 0 aliphatic rings. The lowest BCUT2D eigenvalue weighted by atomic mass is 10.1. The van der Waals surface area contributed by atoms with E-state index in [0.29, 0.717) is 6.61 Å². The van der Waals surface area contributed by atoms with Gasteiger partial charge in [0.1, 0.15) is 0 Å². The Bertz CT molecular complexity index is 210. The minimum absolute atomic E-state index is 0.139. The first-order valence-electron chi connectivity index (χ1n) is 3.66. The molecule has 12 heavy (non-hydrogen) atoms. The van der Waals surface area contributed by atoms with Crippen molar-refractivity contribution in [2.24, 2.45) is 5.92 Å². The van der Waals surface area contributed by atoms with Gasteiger partial charge >= 0.3 is 0 Å². The Morgan fingerprint density at radius 3 is 2.50 bits per heavy atom. The van der Waals surface area contributed by atoms with Crippen LogP contribution in [0.1, 0.15) is 13.3 Å². The Morgan fingerprint density at radius 2 is 2.08 bits per heavy atom. The van der Waals surface area contributed by atoms with Crippen molar-refractivity contribution in [1.82, 2.24) is 0 Å². The average Bonchev–Trinajstić information content (AvgIpc) is 2.07. The van der Waals surface area contributed by atoms with Gasteiger partial charge in [-0.15, -0.1) is 0 Å². The minimum atomic E-state index is -1.13. The summed E-state index contributed by atoms with van der Waals surface area (Å²) in [7, 11) is 0. The molecule has 0 heterocycles. The molecule has 0 aliphatic heterocycles. The minimum Gasteiger partial charge on any atom is -0.381 e. The van der Waals surface area contributed by atoms with Crippen molar-refractivity contribution in [2.45, 2.75) is 13.3 Å². The van der Waals surface area contributed by atoms with E-state index in [-0.39, 0.29) is 18.8 Å². The molecular weight excluding hydrogens is 156 g/mol. The first-order valence-corrected chi connectivity index (χ1v) is 3.66. The highest BCUT2D eigenvalue weighted by molar-refractivity contribution is 5.85. The number of ketones is 1. The monoisotopic (exact) mass is 166 g/mol. The van der Waals surface area contributed by atoms with Gasteiger partial charge in [-0.05, 0) is 6.92 Å². The highest BCUT2D eigenvalue weighted by Crippen LogP contribution is 1.98. The van der Waals surface area contributed by atoms with Crippen LogP contribution in [0.2, 0.25) is 0 Å². The first kappa shape index (κ1) is 10.6. The van der Waals surface area contributed by atoms with Gasteiger partial charge < -0.3 is 4.74 Å². The lowest BCUT2D eigenvalue weighted by Gasteiger charge is -1.99. The number of carbonyl (C=O) groups excluding carboxylic acids is 1. The zero-order valence-electron chi connectivity index (χ0n) is 6.91.